The van der Waals surface area contributed by atoms with Crippen LogP contribution in [0.3, 0.4) is 0 Å². The van der Waals surface area contributed by atoms with Crippen molar-refractivity contribution in [1.29, 1.82) is 5.26 Å². The molecule has 4 nitrogen and oxygen atoms in total. The van der Waals surface area contributed by atoms with Crippen molar-refractivity contribution in [3.8, 4) is 6.07 Å². The van der Waals surface area contributed by atoms with Crippen molar-refractivity contribution in [3.63, 3.8) is 0 Å². The number of hydrogen-bond donors (Lipinski definition) is 2. The summed E-state index contributed by atoms with van der Waals surface area (Å²) in [5.41, 5.74) is 1.45. The average Bonchev–Trinajstić information content (AvgIpc) is 2.46. The van der Waals surface area contributed by atoms with Gasteiger partial charge in [-0.3, -0.25) is 4.79 Å². The van der Waals surface area contributed by atoms with Crippen LogP contribution in [-0.4, -0.2) is 18.5 Å². The Morgan fingerprint density at radius 2 is 2.00 bits per heavy atom. The minimum Gasteiger partial charge on any atom is -0.390 e. The molecule has 1 amide bonds. The van der Waals surface area contributed by atoms with Gasteiger partial charge in [-0.15, -0.1) is 0 Å². The number of hydrogen-bond acceptors (Lipinski definition) is 3. The highest BCUT2D eigenvalue weighted by Gasteiger charge is 2.08. The van der Waals surface area contributed by atoms with E-state index in [0.717, 1.165) is 25.8 Å². The van der Waals surface area contributed by atoms with Gasteiger partial charge < -0.3 is 10.6 Å². The Morgan fingerprint density at radius 1 is 1.29 bits per heavy atom. The van der Waals surface area contributed by atoms with E-state index in [1.807, 2.05) is 38.1 Å². The number of carbonyl (C=O) groups is 1. The number of rotatable bonds is 8. The minimum absolute atomic E-state index is 0.0279. The zero-order valence-corrected chi connectivity index (χ0v) is 12.7. The van der Waals surface area contributed by atoms with Crippen LogP contribution in [0.2, 0.25) is 0 Å². The number of carbonyl (C=O) groups excluding carboxylic acids is 1. The number of nitriles is 1. The van der Waals surface area contributed by atoms with Crippen molar-refractivity contribution in [2.45, 2.75) is 39.2 Å². The molecular formula is C17H23N3O. The van der Waals surface area contributed by atoms with E-state index in [4.69, 9.17) is 5.26 Å². The molecule has 0 unspecified atom stereocenters. The van der Waals surface area contributed by atoms with Gasteiger partial charge in [-0.05, 0) is 38.7 Å². The topological polar surface area (TPSA) is 64.9 Å². The molecule has 0 radical (unpaired) electrons. The second-order valence-corrected chi connectivity index (χ2v) is 5.19. The van der Waals surface area contributed by atoms with Crippen LogP contribution in [0.5, 0.6) is 0 Å². The summed E-state index contributed by atoms with van der Waals surface area (Å²) in [6.07, 6.45) is 4.62. The van der Waals surface area contributed by atoms with Crippen LogP contribution in [0.15, 0.2) is 42.1 Å². The number of amides is 1. The smallest absolute Gasteiger partial charge is 0.263 e. The normalized spacial score (nSPS) is 11.0. The Kier molecular flexibility index (Phi) is 7.67. The highest BCUT2D eigenvalue weighted by atomic mass is 16.1. The van der Waals surface area contributed by atoms with Gasteiger partial charge >= 0.3 is 0 Å². The fraction of sp³-hybridized carbons (Fsp3) is 0.412. The molecule has 0 aromatic heterocycles. The quantitative estimate of drug-likeness (QED) is 0.438. The van der Waals surface area contributed by atoms with Gasteiger partial charge in [0.2, 0.25) is 0 Å². The van der Waals surface area contributed by atoms with Crippen molar-refractivity contribution < 1.29 is 4.79 Å². The van der Waals surface area contributed by atoms with Crippen LogP contribution in [0.25, 0.3) is 0 Å². The predicted octanol–water partition coefficient (Wildman–Crippen LogP) is 2.53. The summed E-state index contributed by atoms with van der Waals surface area (Å²) in [5.74, 6) is -0.329. The van der Waals surface area contributed by atoms with Crippen LogP contribution in [0.4, 0.5) is 0 Å². The Morgan fingerprint density at radius 3 is 2.62 bits per heavy atom. The molecule has 112 valence electrons. The number of nitrogens with zero attached hydrogens (tertiary/aromatic N) is 1. The number of nitrogens with one attached hydrogen (secondary N) is 2. The third-order valence-corrected chi connectivity index (χ3v) is 2.91. The molecule has 21 heavy (non-hydrogen) atoms. The first-order chi connectivity index (χ1) is 10.1. The summed E-state index contributed by atoms with van der Waals surface area (Å²) in [6, 6.07) is 12.3. The zero-order chi connectivity index (χ0) is 15.5. The Bertz CT molecular complexity index is 501. The van der Waals surface area contributed by atoms with E-state index < -0.39 is 0 Å². The number of aryl methyl sites for hydroxylation is 1. The fourth-order valence-electron chi connectivity index (χ4n) is 1.86. The van der Waals surface area contributed by atoms with Gasteiger partial charge in [0.25, 0.3) is 5.91 Å². The molecule has 0 aliphatic carbocycles. The largest absolute Gasteiger partial charge is 0.390 e. The van der Waals surface area contributed by atoms with Gasteiger partial charge in [-0.1, -0.05) is 30.3 Å². The molecule has 0 aliphatic rings. The summed E-state index contributed by atoms with van der Waals surface area (Å²) in [6.45, 7) is 4.49. The summed E-state index contributed by atoms with van der Waals surface area (Å²) in [5, 5.41) is 14.7. The van der Waals surface area contributed by atoms with Gasteiger partial charge in [-0.2, -0.15) is 5.26 Å². The molecule has 0 spiro atoms. The van der Waals surface area contributed by atoms with Crippen LogP contribution in [0.1, 0.15) is 32.3 Å². The van der Waals surface area contributed by atoms with E-state index >= 15 is 0 Å². The van der Waals surface area contributed by atoms with Crippen LogP contribution in [0, 0.1) is 11.3 Å². The van der Waals surface area contributed by atoms with Crippen LogP contribution < -0.4 is 10.6 Å². The van der Waals surface area contributed by atoms with Gasteiger partial charge in [0.1, 0.15) is 11.6 Å². The highest BCUT2D eigenvalue weighted by Crippen LogP contribution is 2.03. The number of benzene rings is 1. The van der Waals surface area contributed by atoms with E-state index in [-0.39, 0.29) is 17.5 Å². The molecule has 0 heterocycles. The van der Waals surface area contributed by atoms with Crippen molar-refractivity contribution >= 4 is 5.91 Å². The molecule has 1 aromatic carbocycles. The maximum Gasteiger partial charge on any atom is 0.263 e. The summed E-state index contributed by atoms with van der Waals surface area (Å²) in [4.78, 5) is 11.6. The summed E-state index contributed by atoms with van der Waals surface area (Å²) in [7, 11) is 0. The average molecular weight is 285 g/mol. The second-order valence-electron chi connectivity index (χ2n) is 5.19. The lowest BCUT2D eigenvalue weighted by Gasteiger charge is -2.07. The van der Waals surface area contributed by atoms with Gasteiger partial charge in [0.05, 0.1) is 0 Å². The monoisotopic (exact) mass is 285 g/mol. The standard InChI is InChI=1S/C17H23N3O/c1-14(2)20-17(21)16(12-18)13-19-11-7-6-10-15-8-4-3-5-9-15/h3-5,8-9,13-14,19H,6-7,10-11H2,1-2H3,(H,20,21)/b16-13-. The third kappa shape index (κ3) is 7.17. The fourth-order valence-corrected chi connectivity index (χ4v) is 1.86. The summed E-state index contributed by atoms with van der Waals surface area (Å²) < 4.78 is 0. The second kappa shape index (κ2) is 9.60. The molecule has 0 saturated heterocycles. The van der Waals surface area contributed by atoms with Gasteiger partial charge in [-0.25, -0.2) is 0 Å². The van der Waals surface area contributed by atoms with Crippen molar-refractivity contribution in [2.75, 3.05) is 6.54 Å². The van der Waals surface area contributed by atoms with Crippen molar-refractivity contribution in [1.82, 2.24) is 10.6 Å². The lowest BCUT2D eigenvalue weighted by Crippen LogP contribution is -2.31. The Labute approximate surface area is 126 Å². The van der Waals surface area contributed by atoms with E-state index in [2.05, 4.69) is 22.8 Å². The molecule has 0 bridgehead atoms. The predicted molar refractivity (Wildman–Crippen MR) is 84.4 cm³/mol. The number of unbranched alkanes of at least 4 members (excludes halogenated alkanes) is 1. The molecule has 0 saturated carbocycles. The molecule has 2 N–H and O–H groups in total. The first-order valence-corrected chi connectivity index (χ1v) is 7.32. The molecule has 0 atom stereocenters. The molecule has 0 aliphatic heterocycles. The third-order valence-electron chi connectivity index (χ3n) is 2.91. The SMILES string of the molecule is CC(C)NC(=O)/C(C#N)=C\NCCCCc1ccccc1. The lowest BCUT2D eigenvalue weighted by atomic mass is 10.1. The molecule has 4 heteroatoms. The van der Waals surface area contributed by atoms with Crippen molar-refractivity contribution in [3.05, 3.63) is 47.7 Å². The van der Waals surface area contributed by atoms with E-state index in [1.165, 1.54) is 11.8 Å². The van der Waals surface area contributed by atoms with E-state index in [0.29, 0.717) is 0 Å². The Hall–Kier alpha value is -2.28. The molecule has 0 fully saturated rings. The Balaban J connectivity index is 2.24. The van der Waals surface area contributed by atoms with Gasteiger partial charge in [0, 0.05) is 18.8 Å². The van der Waals surface area contributed by atoms with Crippen LogP contribution in [-0.2, 0) is 11.2 Å². The summed E-state index contributed by atoms with van der Waals surface area (Å²) >= 11 is 0. The highest BCUT2D eigenvalue weighted by molar-refractivity contribution is 5.97. The first kappa shape index (κ1) is 16.8. The lowest BCUT2D eigenvalue weighted by molar-refractivity contribution is -0.117. The maximum absolute atomic E-state index is 11.6. The molecule has 1 aromatic rings. The van der Waals surface area contributed by atoms with Crippen molar-refractivity contribution in [2.24, 2.45) is 0 Å². The van der Waals surface area contributed by atoms with Gasteiger partial charge in [0.15, 0.2) is 0 Å². The van der Waals surface area contributed by atoms with E-state index in [1.54, 1.807) is 0 Å². The molecule has 1 rings (SSSR count). The zero-order valence-electron chi connectivity index (χ0n) is 12.7. The van der Waals surface area contributed by atoms with Crippen LogP contribution >= 0.6 is 0 Å². The van der Waals surface area contributed by atoms with E-state index in [9.17, 15) is 4.79 Å². The minimum atomic E-state index is -0.329. The first-order valence-electron chi connectivity index (χ1n) is 7.32. The molecular weight excluding hydrogens is 262 g/mol. The maximum atomic E-state index is 11.6.